The molecule has 2 heteroatoms. The average Bonchev–Trinajstić information content (AvgIpc) is 2.35. The van der Waals surface area contributed by atoms with Crippen molar-refractivity contribution in [2.75, 3.05) is 0 Å². The second-order valence-corrected chi connectivity index (χ2v) is 4.74. The molecule has 2 nitrogen and oxygen atoms in total. The van der Waals surface area contributed by atoms with E-state index in [0.29, 0.717) is 11.5 Å². The summed E-state index contributed by atoms with van der Waals surface area (Å²) in [5.74, 6) is 0.693. The number of rotatable bonds is 3. The van der Waals surface area contributed by atoms with E-state index in [1.54, 1.807) is 12.1 Å². The molecule has 0 saturated heterocycles. The van der Waals surface area contributed by atoms with Gasteiger partial charge in [-0.1, -0.05) is 24.3 Å². The van der Waals surface area contributed by atoms with Gasteiger partial charge in [0.2, 0.25) is 0 Å². The summed E-state index contributed by atoms with van der Waals surface area (Å²) in [6, 6.07) is 11.4. The van der Waals surface area contributed by atoms with E-state index >= 15 is 0 Å². The van der Waals surface area contributed by atoms with E-state index in [2.05, 4.69) is 0 Å². The van der Waals surface area contributed by atoms with Crippen LogP contribution in [0.1, 0.15) is 22.3 Å². The molecule has 0 aromatic heterocycles. The van der Waals surface area contributed by atoms with Gasteiger partial charge in [0.05, 0.1) is 0 Å². The molecular formula is C16H18O2. The number of hydrogen-bond acceptors (Lipinski definition) is 2. The van der Waals surface area contributed by atoms with E-state index < -0.39 is 0 Å². The normalized spacial score (nSPS) is 10.6. The van der Waals surface area contributed by atoms with Gasteiger partial charge in [-0.2, -0.15) is 0 Å². The zero-order valence-electron chi connectivity index (χ0n) is 10.8. The van der Waals surface area contributed by atoms with Crippen molar-refractivity contribution in [2.24, 2.45) is 0 Å². The Balaban J connectivity index is 2.08. The minimum atomic E-state index is 0.301. The Morgan fingerprint density at radius 3 is 1.83 bits per heavy atom. The summed E-state index contributed by atoms with van der Waals surface area (Å²) in [5, 5.41) is 18.9. The molecule has 0 fully saturated rings. The number of benzene rings is 2. The molecule has 0 amide bonds. The van der Waals surface area contributed by atoms with Gasteiger partial charge in [-0.05, 0) is 61.1 Å². The van der Waals surface area contributed by atoms with Crippen molar-refractivity contribution in [1.29, 1.82) is 0 Å². The van der Waals surface area contributed by atoms with Crippen molar-refractivity contribution in [3.63, 3.8) is 0 Å². The topological polar surface area (TPSA) is 40.5 Å². The molecule has 0 saturated carbocycles. The van der Waals surface area contributed by atoms with E-state index in [-0.39, 0.29) is 0 Å². The average molecular weight is 242 g/mol. The first kappa shape index (κ1) is 12.5. The predicted molar refractivity (Wildman–Crippen MR) is 73.1 cm³/mol. The summed E-state index contributed by atoms with van der Waals surface area (Å²) in [4.78, 5) is 0. The van der Waals surface area contributed by atoms with Crippen LogP contribution in [0.15, 0.2) is 36.4 Å². The Kier molecular flexibility index (Phi) is 3.56. The second kappa shape index (κ2) is 5.13. The Morgan fingerprint density at radius 2 is 1.28 bits per heavy atom. The zero-order chi connectivity index (χ0) is 13.1. The number of aromatic hydroxyl groups is 2. The molecule has 94 valence electrons. The maximum Gasteiger partial charge on any atom is 0.121 e. The molecule has 2 aromatic rings. The number of aryl methyl sites for hydroxylation is 4. The fourth-order valence-electron chi connectivity index (χ4n) is 2.14. The molecule has 0 unspecified atom stereocenters. The molecule has 2 N–H and O–H groups in total. The van der Waals surface area contributed by atoms with Crippen LogP contribution < -0.4 is 0 Å². The van der Waals surface area contributed by atoms with Crippen LogP contribution in [0.4, 0.5) is 0 Å². The fraction of sp³-hybridized carbons (Fsp3) is 0.250. The van der Waals surface area contributed by atoms with Crippen LogP contribution in [0, 0.1) is 13.8 Å². The lowest BCUT2D eigenvalue weighted by molar-refractivity contribution is 0.466. The van der Waals surface area contributed by atoms with Crippen LogP contribution in [0.5, 0.6) is 11.5 Å². The summed E-state index contributed by atoms with van der Waals surface area (Å²) in [5.41, 5.74) is 4.29. The largest absolute Gasteiger partial charge is 0.508 e. The summed E-state index contributed by atoms with van der Waals surface area (Å²) in [7, 11) is 0. The monoisotopic (exact) mass is 242 g/mol. The summed E-state index contributed by atoms with van der Waals surface area (Å²) >= 11 is 0. The molecule has 2 rings (SSSR count). The van der Waals surface area contributed by atoms with E-state index in [1.165, 1.54) is 11.1 Å². The van der Waals surface area contributed by atoms with Crippen LogP contribution in [-0.4, -0.2) is 10.2 Å². The highest BCUT2D eigenvalue weighted by molar-refractivity contribution is 5.42. The van der Waals surface area contributed by atoms with Crippen molar-refractivity contribution >= 4 is 0 Å². The minimum absolute atomic E-state index is 0.301. The SMILES string of the molecule is Cc1cc(CCc2ccc(O)cc2)cc(C)c1O. The Hall–Kier alpha value is -1.96. The Bertz CT molecular complexity index is 519. The van der Waals surface area contributed by atoms with E-state index in [4.69, 9.17) is 0 Å². The van der Waals surface area contributed by atoms with Gasteiger partial charge in [-0.15, -0.1) is 0 Å². The van der Waals surface area contributed by atoms with Crippen LogP contribution in [0.25, 0.3) is 0 Å². The maximum atomic E-state index is 9.72. The van der Waals surface area contributed by atoms with Gasteiger partial charge in [-0.25, -0.2) is 0 Å². The van der Waals surface area contributed by atoms with Crippen molar-refractivity contribution in [3.05, 3.63) is 58.7 Å². The first-order valence-corrected chi connectivity index (χ1v) is 6.13. The number of phenolic OH excluding ortho intramolecular Hbond substituents is 2. The van der Waals surface area contributed by atoms with E-state index in [0.717, 1.165) is 24.0 Å². The molecule has 2 aromatic carbocycles. The Labute approximate surface area is 108 Å². The molecule has 18 heavy (non-hydrogen) atoms. The molecule has 0 aliphatic carbocycles. The minimum Gasteiger partial charge on any atom is -0.508 e. The van der Waals surface area contributed by atoms with E-state index in [1.807, 2.05) is 38.1 Å². The fourth-order valence-corrected chi connectivity index (χ4v) is 2.14. The third-order valence-electron chi connectivity index (χ3n) is 3.19. The van der Waals surface area contributed by atoms with Crippen LogP contribution in [-0.2, 0) is 12.8 Å². The van der Waals surface area contributed by atoms with Crippen LogP contribution in [0.3, 0.4) is 0 Å². The maximum absolute atomic E-state index is 9.72. The summed E-state index contributed by atoms with van der Waals surface area (Å²) in [6.45, 7) is 3.85. The lowest BCUT2D eigenvalue weighted by Crippen LogP contribution is -1.93. The summed E-state index contributed by atoms with van der Waals surface area (Å²) in [6.07, 6.45) is 1.87. The lowest BCUT2D eigenvalue weighted by atomic mass is 10.00. The van der Waals surface area contributed by atoms with Crippen molar-refractivity contribution in [2.45, 2.75) is 26.7 Å². The zero-order valence-corrected chi connectivity index (χ0v) is 10.8. The van der Waals surface area contributed by atoms with Gasteiger partial charge in [0.1, 0.15) is 11.5 Å². The molecule has 0 heterocycles. The van der Waals surface area contributed by atoms with Gasteiger partial charge in [-0.3, -0.25) is 0 Å². The molecule has 0 aliphatic rings. The second-order valence-electron chi connectivity index (χ2n) is 4.74. The van der Waals surface area contributed by atoms with Crippen molar-refractivity contribution < 1.29 is 10.2 Å². The highest BCUT2D eigenvalue weighted by atomic mass is 16.3. The van der Waals surface area contributed by atoms with Gasteiger partial charge in [0, 0.05) is 0 Å². The van der Waals surface area contributed by atoms with Crippen molar-refractivity contribution in [1.82, 2.24) is 0 Å². The number of hydrogen-bond donors (Lipinski definition) is 2. The molecule has 0 atom stereocenters. The lowest BCUT2D eigenvalue weighted by Gasteiger charge is -2.08. The first-order valence-electron chi connectivity index (χ1n) is 6.13. The quantitative estimate of drug-likeness (QED) is 0.864. The molecular weight excluding hydrogens is 224 g/mol. The third-order valence-corrected chi connectivity index (χ3v) is 3.19. The molecule has 0 spiro atoms. The van der Waals surface area contributed by atoms with E-state index in [9.17, 15) is 10.2 Å². The van der Waals surface area contributed by atoms with Gasteiger partial charge < -0.3 is 10.2 Å². The van der Waals surface area contributed by atoms with Gasteiger partial charge >= 0.3 is 0 Å². The third kappa shape index (κ3) is 2.83. The predicted octanol–water partition coefficient (Wildman–Crippen LogP) is 3.50. The first-order chi connectivity index (χ1) is 8.56. The standard InChI is InChI=1S/C16H18O2/c1-11-9-14(10-12(2)16(11)18)4-3-13-5-7-15(17)8-6-13/h5-10,17-18H,3-4H2,1-2H3. The highest BCUT2D eigenvalue weighted by Crippen LogP contribution is 2.23. The molecule has 0 aliphatic heterocycles. The van der Waals surface area contributed by atoms with Crippen LogP contribution in [0.2, 0.25) is 0 Å². The van der Waals surface area contributed by atoms with Crippen LogP contribution >= 0.6 is 0 Å². The molecule has 0 bridgehead atoms. The molecule has 0 radical (unpaired) electrons. The summed E-state index contributed by atoms with van der Waals surface area (Å²) < 4.78 is 0. The van der Waals surface area contributed by atoms with Gasteiger partial charge in [0.15, 0.2) is 0 Å². The van der Waals surface area contributed by atoms with Crippen molar-refractivity contribution in [3.8, 4) is 11.5 Å². The van der Waals surface area contributed by atoms with Gasteiger partial charge in [0.25, 0.3) is 0 Å². The smallest absolute Gasteiger partial charge is 0.121 e. The number of phenols is 2. The highest BCUT2D eigenvalue weighted by Gasteiger charge is 2.03. The Morgan fingerprint density at radius 1 is 0.778 bits per heavy atom.